The van der Waals surface area contributed by atoms with E-state index in [1.54, 1.807) is 0 Å². The van der Waals surface area contributed by atoms with Gasteiger partial charge in [-0.25, -0.2) is 4.98 Å². The fourth-order valence-electron chi connectivity index (χ4n) is 7.90. The minimum atomic E-state index is 0.559. The summed E-state index contributed by atoms with van der Waals surface area (Å²) in [6.45, 7) is 0. The van der Waals surface area contributed by atoms with E-state index in [-0.39, 0.29) is 0 Å². The van der Waals surface area contributed by atoms with E-state index in [0.717, 1.165) is 71.4 Å². The first-order valence-corrected chi connectivity index (χ1v) is 17.5. The Labute approximate surface area is 298 Å². The maximum Gasteiger partial charge on any atom is 0.238 e. The van der Waals surface area contributed by atoms with Crippen LogP contribution in [-0.4, -0.2) is 19.5 Å². The maximum atomic E-state index is 6.38. The van der Waals surface area contributed by atoms with Gasteiger partial charge in [-0.3, -0.25) is 4.57 Å². The highest BCUT2D eigenvalue weighted by Crippen LogP contribution is 2.44. The average molecular weight is 665 g/mol. The summed E-state index contributed by atoms with van der Waals surface area (Å²) in [7, 11) is 0. The number of hydrogen-bond acceptors (Lipinski definition) is 4. The highest BCUT2D eigenvalue weighted by molar-refractivity contribution is 6.25. The van der Waals surface area contributed by atoms with Crippen molar-refractivity contribution in [3.63, 3.8) is 0 Å². The predicted molar refractivity (Wildman–Crippen MR) is 213 cm³/mol. The second-order valence-corrected chi connectivity index (χ2v) is 13.2. The molecule has 0 aliphatic carbocycles. The van der Waals surface area contributed by atoms with Crippen LogP contribution < -0.4 is 0 Å². The Kier molecular flexibility index (Phi) is 6.18. The molecule has 0 aliphatic heterocycles. The Morgan fingerprint density at radius 3 is 1.94 bits per heavy atom. The molecule has 0 amide bonds. The molecule has 0 saturated heterocycles. The number of furan rings is 1. The molecule has 0 saturated carbocycles. The molecule has 0 aliphatic rings. The summed E-state index contributed by atoms with van der Waals surface area (Å²) >= 11 is 0. The van der Waals surface area contributed by atoms with Crippen LogP contribution in [-0.2, 0) is 0 Å². The van der Waals surface area contributed by atoms with E-state index < -0.39 is 0 Å². The zero-order valence-electron chi connectivity index (χ0n) is 27.9. The Bertz CT molecular complexity index is 3190. The Hall–Kier alpha value is -7.11. The summed E-state index contributed by atoms with van der Waals surface area (Å²) in [5, 5.41) is 9.13. The van der Waals surface area contributed by atoms with E-state index in [1.165, 1.54) is 16.2 Å². The molecule has 0 bridgehead atoms. The zero-order chi connectivity index (χ0) is 34.2. The summed E-state index contributed by atoms with van der Waals surface area (Å²) < 4.78 is 8.62. The first kappa shape index (κ1) is 28.7. The van der Waals surface area contributed by atoms with Crippen molar-refractivity contribution in [2.75, 3.05) is 0 Å². The van der Waals surface area contributed by atoms with Gasteiger partial charge in [-0.15, -0.1) is 0 Å². The third kappa shape index (κ3) is 4.33. The minimum absolute atomic E-state index is 0.559. The molecule has 0 radical (unpaired) electrons. The molecule has 5 heteroatoms. The van der Waals surface area contributed by atoms with Crippen LogP contribution >= 0.6 is 0 Å². The SMILES string of the molecule is c1ccc(-c2nc(-c3ccc4ccccc4c3)nc(-n3c4ccc5ccccc5c4c4cccc(-c5cccc6oc7ccccc7c56)c43)n2)cc1. The van der Waals surface area contributed by atoms with E-state index in [4.69, 9.17) is 19.4 Å². The second-order valence-electron chi connectivity index (χ2n) is 13.2. The van der Waals surface area contributed by atoms with Crippen LogP contribution in [0, 0.1) is 0 Å². The number of aromatic nitrogens is 4. The van der Waals surface area contributed by atoms with Gasteiger partial charge in [0.15, 0.2) is 11.6 Å². The summed E-state index contributed by atoms with van der Waals surface area (Å²) in [4.78, 5) is 15.7. The van der Waals surface area contributed by atoms with Crippen LogP contribution in [0.1, 0.15) is 0 Å². The number of benzene rings is 8. The van der Waals surface area contributed by atoms with Gasteiger partial charge in [0.25, 0.3) is 0 Å². The van der Waals surface area contributed by atoms with Crippen molar-refractivity contribution in [2.24, 2.45) is 0 Å². The fourth-order valence-corrected chi connectivity index (χ4v) is 7.90. The Morgan fingerprint density at radius 2 is 1.06 bits per heavy atom. The molecule has 11 rings (SSSR count). The van der Waals surface area contributed by atoms with Gasteiger partial charge in [0, 0.05) is 38.2 Å². The summed E-state index contributed by atoms with van der Waals surface area (Å²) in [6.07, 6.45) is 0. The molecule has 11 aromatic rings. The molecule has 242 valence electrons. The van der Waals surface area contributed by atoms with E-state index >= 15 is 0 Å². The van der Waals surface area contributed by atoms with Crippen molar-refractivity contribution in [3.05, 3.63) is 170 Å². The van der Waals surface area contributed by atoms with Gasteiger partial charge < -0.3 is 4.42 Å². The highest BCUT2D eigenvalue weighted by atomic mass is 16.3. The van der Waals surface area contributed by atoms with Crippen molar-refractivity contribution in [1.82, 2.24) is 19.5 Å². The Balaban J connectivity index is 1.29. The van der Waals surface area contributed by atoms with Crippen LogP contribution in [0.25, 0.3) is 105 Å². The standard InChI is InChI=1S/C47H28N4O/c1-2-14-31(15-3-1)45-48-46(33-25-24-29-12-4-5-16-32(29)28-33)50-47(49-45)51-39-27-26-30-13-6-7-17-34(30)42(39)38-21-10-20-36(44(38)51)35-19-11-23-41-43(35)37-18-8-9-22-40(37)52-41/h1-28H. The molecule has 5 nitrogen and oxygen atoms in total. The van der Waals surface area contributed by atoms with E-state index in [1.807, 2.05) is 30.3 Å². The van der Waals surface area contributed by atoms with Crippen LogP contribution in [0.15, 0.2) is 174 Å². The van der Waals surface area contributed by atoms with Gasteiger partial charge >= 0.3 is 0 Å². The third-order valence-electron chi connectivity index (χ3n) is 10.2. The van der Waals surface area contributed by atoms with Gasteiger partial charge in [0.1, 0.15) is 11.2 Å². The molecule has 8 aromatic carbocycles. The molecular weight excluding hydrogens is 637 g/mol. The number of hydrogen-bond donors (Lipinski definition) is 0. The van der Waals surface area contributed by atoms with Crippen molar-refractivity contribution in [2.45, 2.75) is 0 Å². The Morgan fingerprint density at radius 1 is 0.404 bits per heavy atom. The molecule has 3 aromatic heterocycles. The average Bonchev–Trinajstić information content (AvgIpc) is 3.77. The normalized spacial score (nSPS) is 11.8. The summed E-state index contributed by atoms with van der Waals surface area (Å²) in [5.74, 6) is 1.79. The van der Waals surface area contributed by atoms with Gasteiger partial charge in [0.05, 0.1) is 11.0 Å². The lowest BCUT2D eigenvalue weighted by Crippen LogP contribution is -2.07. The fraction of sp³-hybridized carbons (Fsp3) is 0. The molecule has 0 N–H and O–H groups in total. The van der Waals surface area contributed by atoms with E-state index in [9.17, 15) is 0 Å². The minimum Gasteiger partial charge on any atom is -0.456 e. The number of fused-ring (bicyclic) bond motifs is 9. The zero-order valence-corrected chi connectivity index (χ0v) is 27.9. The lowest BCUT2D eigenvalue weighted by atomic mass is 9.96. The molecule has 52 heavy (non-hydrogen) atoms. The van der Waals surface area contributed by atoms with Gasteiger partial charge in [0.2, 0.25) is 5.95 Å². The lowest BCUT2D eigenvalue weighted by Gasteiger charge is -2.13. The molecule has 0 fully saturated rings. The van der Waals surface area contributed by atoms with Crippen LogP contribution in [0.2, 0.25) is 0 Å². The van der Waals surface area contributed by atoms with E-state index in [0.29, 0.717) is 17.6 Å². The molecule has 0 spiro atoms. The van der Waals surface area contributed by atoms with Crippen molar-refractivity contribution in [3.8, 4) is 39.9 Å². The second kappa shape index (κ2) is 11.2. The maximum absolute atomic E-state index is 6.38. The third-order valence-corrected chi connectivity index (χ3v) is 10.2. The number of para-hydroxylation sites is 2. The van der Waals surface area contributed by atoms with Crippen LogP contribution in [0.4, 0.5) is 0 Å². The summed E-state index contributed by atoms with van der Waals surface area (Å²) in [6, 6.07) is 59.1. The molecule has 3 heterocycles. The first-order valence-electron chi connectivity index (χ1n) is 17.5. The molecular formula is C47H28N4O. The van der Waals surface area contributed by atoms with Gasteiger partial charge in [-0.2, -0.15) is 9.97 Å². The highest BCUT2D eigenvalue weighted by Gasteiger charge is 2.23. The smallest absolute Gasteiger partial charge is 0.238 e. The van der Waals surface area contributed by atoms with Crippen LogP contribution in [0.3, 0.4) is 0 Å². The largest absolute Gasteiger partial charge is 0.456 e. The van der Waals surface area contributed by atoms with Crippen molar-refractivity contribution < 1.29 is 4.42 Å². The molecule has 0 atom stereocenters. The monoisotopic (exact) mass is 664 g/mol. The number of nitrogens with zero attached hydrogens (tertiary/aromatic N) is 4. The topological polar surface area (TPSA) is 56.7 Å². The lowest BCUT2D eigenvalue weighted by molar-refractivity contribution is 0.669. The summed E-state index contributed by atoms with van der Waals surface area (Å²) in [5.41, 5.74) is 7.80. The van der Waals surface area contributed by atoms with Gasteiger partial charge in [-0.1, -0.05) is 146 Å². The predicted octanol–water partition coefficient (Wildman–Crippen LogP) is 12.2. The quantitative estimate of drug-likeness (QED) is 0.188. The van der Waals surface area contributed by atoms with Crippen molar-refractivity contribution in [1.29, 1.82) is 0 Å². The van der Waals surface area contributed by atoms with Crippen molar-refractivity contribution >= 4 is 65.3 Å². The molecule has 0 unspecified atom stereocenters. The number of rotatable bonds is 4. The van der Waals surface area contributed by atoms with Crippen LogP contribution in [0.5, 0.6) is 0 Å². The first-order chi connectivity index (χ1) is 25.8. The van der Waals surface area contributed by atoms with E-state index in [2.05, 4.69) is 144 Å². The van der Waals surface area contributed by atoms with Gasteiger partial charge in [-0.05, 0) is 51.4 Å².